The molecule has 0 fully saturated rings. The van der Waals surface area contributed by atoms with Crippen molar-refractivity contribution < 1.29 is 18.9 Å². The molecule has 0 aliphatic carbocycles. The minimum absolute atomic E-state index is 0.182. The van der Waals surface area contributed by atoms with Crippen LogP contribution in [0.2, 0.25) is 0 Å². The van der Waals surface area contributed by atoms with Crippen molar-refractivity contribution in [2.75, 3.05) is 42.3 Å². The van der Waals surface area contributed by atoms with Gasteiger partial charge in [0.1, 0.15) is 0 Å². The van der Waals surface area contributed by atoms with E-state index in [0.717, 1.165) is 26.0 Å². The maximum atomic E-state index is 11.6. The third-order valence-electron chi connectivity index (χ3n) is 4.88. The van der Waals surface area contributed by atoms with Crippen LogP contribution in [-0.2, 0) is 17.6 Å². The first-order valence-electron chi connectivity index (χ1n) is 9.13. The van der Waals surface area contributed by atoms with E-state index in [1.165, 1.54) is 5.69 Å². The van der Waals surface area contributed by atoms with Crippen LogP contribution in [0, 0.1) is 0 Å². The van der Waals surface area contributed by atoms with Gasteiger partial charge < -0.3 is 0 Å². The molecular formula is C18H32N6O2Se2+2. The van der Waals surface area contributed by atoms with Gasteiger partial charge in [-0.3, -0.25) is 0 Å². The molecule has 0 aliphatic rings. The molecule has 2 atom stereocenters. The molecule has 156 valence electrons. The fourth-order valence-electron chi connectivity index (χ4n) is 2.54. The molecule has 8 nitrogen and oxygen atoms in total. The van der Waals surface area contributed by atoms with Crippen LogP contribution in [-0.4, -0.2) is 121 Å². The first kappa shape index (κ1) is 23.1. The Morgan fingerprint density at radius 1 is 0.964 bits per heavy atom. The van der Waals surface area contributed by atoms with E-state index >= 15 is 0 Å². The first-order valence-corrected chi connectivity index (χ1v) is 15.2. The molecule has 0 aliphatic heterocycles. The number of likely N-dealkylation sites (N-methyl/N-ethyl adjacent to an activating group) is 2. The molecule has 0 saturated heterocycles. The number of carboxylic acids is 1. The molecule has 0 amide bonds. The molecule has 2 aromatic rings. The van der Waals surface area contributed by atoms with Gasteiger partial charge in [0.25, 0.3) is 0 Å². The number of quaternary nitrogens is 2. The Morgan fingerprint density at radius 2 is 1.43 bits per heavy atom. The first-order chi connectivity index (χ1) is 12.9. The number of hydrogen-bond donors (Lipinski definition) is 3. The van der Waals surface area contributed by atoms with Crippen molar-refractivity contribution in [1.82, 2.24) is 19.9 Å². The van der Waals surface area contributed by atoms with Gasteiger partial charge >= 0.3 is 178 Å². The van der Waals surface area contributed by atoms with E-state index in [2.05, 4.69) is 48.0 Å². The molecular weight excluding hydrogens is 490 g/mol. The summed E-state index contributed by atoms with van der Waals surface area (Å²) in [6.45, 7) is 2.25. The van der Waals surface area contributed by atoms with Crippen LogP contribution in [0.25, 0.3) is 0 Å². The van der Waals surface area contributed by atoms with Gasteiger partial charge in [-0.05, 0) is 0 Å². The van der Waals surface area contributed by atoms with Crippen LogP contribution >= 0.6 is 0 Å². The van der Waals surface area contributed by atoms with E-state index in [1.807, 2.05) is 27.3 Å². The monoisotopic (exact) mass is 524 g/mol. The Labute approximate surface area is 178 Å². The summed E-state index contributed by atoms with van der Waals surface area (Å²) < 4.78 is 3.29. The van der Waals surface area contributed by atoms with E-state index in [1.54, 1.807) is 6.20 Å². The number of carbonyl (C=O) groups is 1. The third-order valence-corrected chi connectivity index (χ3v) is 10.9. The summed E-state index contributed by atoms with van der Waals surface area (Å²) in [5, 5.41) is 9.49. The summed E-state index contributed by atoms with van der Waals surface area (Å²) in [7, 11) is 12.3. The molecule has 28 heavy (non-hydrogen) atoms. The molecule has 10 heteroatoms. The number of carboxylic acid groups (broad SMARTS) is 1. The number of aromatic nitrogens is 4. The van der Waals surface area contributed by atoms with Crippen LogP contribution in [0.3, 0.4) is 0 Å². The van der Waals surface area contributed by atoms with Crippen LogP contribution < -0.4 is 9.45 Å². The summed E-state index contributed by atoms with van der Waals surface area (Å²) in [5.41, 5.74) is 2.06. The van der Waals surface area contributed by atoms with Gasteiger partial charge in [0.05, 0.1) is 0 Å². The van der Waals surface area contributed by atoms with E-state index in [9.17, 15) is 9.90 Å². The van der Waals surface area contributed by atoms with E-state index in [0.29, 0.717) is 16.9 Å². The predicted molar refractivity (Wildman–Crippen MR) is 112 cm³/mol. The van der Waals surface area contributed by atoms with Crippen LogP contribution in [0.4, 0.5) is 0 Å². The summed E-state index contributed by atoms with van der Waals surface area (Å²) in [4.78, 5) is 27.3. The second-order valence-electron chi connectivity index (χ2n) is 8.94. The van der Waals surface area contributed by atoms with Gasteiger partial charge in [0.15, 0.2) is 0 Å². The number of aliphatic carboxylic acids is 1. The van der Waals surface area contributed by atoms with Crippen LogP contribution in [0.1, 0.15) is 18.3 Å². The average molecular weight is 522 g/mol. The number of nitrogens with one attached hydrogen (secondary N) is 2. The summed E-state index contributed by atoms with van der Waals surface area (Å²) in [6.07, 6.45) is 5.15. The number of imidazole rings is 2. The normalized spacial score (nSPS) is 14.8. The molecule has 2 unspecified atom stereocenters. The van der Waals surface area contributed by atoms with Crippen LogP contribution in [0.5, 0.6) is 0 Å². The van der Waals surface area contributed by atoms with E-state index in [4.69, 9.17) is 0 Å². The molecule has 3 N–H and O–H groups in total. The number of H-pyrrole nitrogens is 2. The van der Waals surface area contributed by atoms with Crippen molar-refractivity contribution >= 4 is 41.7 Å². The molecule has 2 aromatic heterocycles. The summed E-state index contributed by atoms with van der Waals surface area (Å²) in [6, 6.07) is 0.0180. The van der Waals surface area contributed by atoms with Crippen molar-refractivity contribution in [2.45, 2.75) is 31.8 Å². The zero-order chi connectivity index (χ0) is 21.1. The second-order valence-corrected chi connectivity index (χ2v) is 14.9. The average Bonchev–Trinajstić information content (AvgIpc) is 3.17. The standard InChI is InChI=1S/C18H30N6O2Se2/c1-12(23(2,3)4)8-13-10-19-17(21-13)27-28-18-20-11-14(22-18)9-15(16(25)26)24(5,6)7/h10-12,15H,8-9H2,1-7H3,(H-2,19,20,21,22,25,26)/p+2. The Balaban J connectivity index is 1.92. The summed E-state index contributed by atoms with van der Waals surface area (Å²) in [5.74, 6) is -0.787. The number of nitrogens with zero attached hydrogens (tertiary/aromatic N) is 4. The molecule has 0 aromatic carbocycles. The quantitative estimate of drug-likeness (QED) is 0.269. The zero-order valence-corrected chi connectivity index (χ0v) is 21.1. The van der Waals surface area contributed by atoms with Gasteiger partial charge in [0.2, 0.25) is 0 Å². The van der Waals surface area contributed by atoms with Gasteiger partial charge in [-0.2, -0.15) is 0 Å². The van der Waals surface area contributed by atoms with Gasteiger partial charge in [-0.25, -0.2) is 0 Å². The second kappa shape index (κ2) is 9.11. The topological polar surface area (TPSA) is 94.7 Å². The Morgan fingerprint density at radius 3 is 1.82 bits per heavy atom. The molecule has 2 heterocycles. The van der Waals surface area contributed by atoms with Crippen molar-refractivity contribution in [3.05, 3.63) is 23.8 Å². The number of hydrogen-bond acceptors (Lipinski definition) is 3. The van der Waals surface area contributed by atoms with Crippen molar-refractivity contribution in [3.8, 4) is 0 Å². The van der Waals surface area contributed by atoms with Crippen molar-refractivity contribution in [1.29, 1.82) is 0 Å². The van der Waals surface area contributed by atoms with Gasteiger partial charge in [-0.15, -0.1) is 0 Å². The zero-order valence-electron chi connectivity index (χ0n) is 17.7. The Hall–Kier alpha value is -1.15. The number of aromatic amines is 2. The Kier molecular flexibility index (Phi) is 7.53. The predicted octanol–water partition coefficient (Wildman–Crippen LogP) is -1.25. The maximum absolute atomic E-state index is 11.6. The van der Waals surface area contributed by atoms with Crippen molar-refractivity contribution in [2.24, 2.45) is 0 Å². The molecule has 0 saturated carbocycles. The molecule has 0 radical (unpaired) electrons. The fraction of sp³-hybridized carbons (Fsp3) is 0.611. The van der Waals surface area contributed by atoms with E-state index < -0.39 is 12.0 Å². The number of rotatable bonds is 10. The molecule has 0 spiro atoms. The van der Waals surface area contributed by atoms with Gasteiger partial charge in [0, 0.05) is 0 Å². The van der Waals surface area contributed by atoms with Crippen molar-refractivity contribution in [3.63, 3.8) is 0 Å². The van der Waals surface area contributed by atoms with Gasteiger partial charge in [-0.1, -0.05) is 0 Å². The molecule has 2 rings (SSSR count). The molecule has 0 bridgehead atoms. The summed E-state index contributed by atoms with van der Waals surface area (Å²) >= 11 is 0.397. The minimum atomic E-state index is -0.787. The Bertz CT molecular complexity index is 791. The van der Waals surface area contributed by atoms with Crippen LogP contribution in [0.15, 0.2) is 12.4 Å². The van der Waals surface area contributed by atoms with E-state index in [-0.39, 0.29) is 26.3 Å². The SMILES string of the molecule is CC(Cc1cnc([Se][Se]c2ncc(CC(C(=O)O)[N+](C)(C)C)[nH]2)[nH]1)[N+](C)(C)C. The third kappa shape index (κ3) is 6.72. The fourth-order valence-corrected chi connectivity index (χ4v) is 7.57.